The lowest BCUT2D eigenvalue weighted by atomic mass is 9.89. The molecular formula is C15H19N5. The smallest absolute Gasteiger partial charge is 0.107 e. The van der Waals surface area contributed by atoms with Crippen LogP contribution in [0.15, 0.2) is 30.7 Å². The molecule has 5 heteroatoms. The molecule has 0 spiro atoms. The molecular weight excluding hydrogens is 250 g/mol. The van der Waals surface area contributed by atoms with Gasteiger partial charge in [-0.15, -0.1) is 0 Å². The Morgan fingerprint density at radius 1 is 1.25 bits per heavy atom. The molecule has 0 radical (unpaired) electrons. The van der Waals surface area contributed by atoms with Gasteiger partial charge in [0, 0.05) is 12.0 Å². The number of H-pyrrole nitrogens is 2. The predicted molar refractivity (Wildman–Crippen MR) is 80.2 cm³/mol. The summed E-state index contributed by atoms with van der Waals surface area (Å²) in [5, 5.41) is 0. The van der Waals surface area contributed by atoms with Gasteiger partial charge in [-0.3, -0.25) is 0 Å². The first-order chi connectivity index (χ1) is 9.57. The lowest BCUT2D eigenvalue weighted by Crippen LogP contribution is -2.26. The number of hydrogen-bond acceptors (Lipinski definition) is 3. The van der Waals surface area contributed by atoms with Crippen LogP contribution in [0.25, 0.3) is 22.3 Å². The number of imidazole rings is 2. The lowest BCUT2D eigenvalue weighted by Gasteiger charge is -2.20. The maximum atomic E-state index is 5.77. The van der Waals surface area contributed by atoms with Crippen molar-refractivity contribution in [1.29, 1.82) is 0 Å². The molecule has 0 bridgehead atoms. The van der Waals surface area contributed by atoms with Crippen molar-refractivity contribution in [3.63, 3.8) is 0 Å². The summed E-state index contributed by atoms with van der Waals surface area (Å²) >= 11 is 0. The highest BCUT2D eigenvalue weighted by Crippen LogP contribution is 2.23. The van der Waals surface area contributed by atoms with Crippen molar-refractivity contribution in [3.8, 4) is 11.3 Å². The van der Waals surface area contributed by atoms with Crippen LogP contribution in [0.2, 0.25) is 0 Å². The number of aromatic nitrogens is 4. The van der Waals surface area contributed by atoms with Crippen LogP contribution in [0.3, 0.4) is 0 Å². The molecule has 1 aromatic carbocycles. The first kappa shape index (κ1) is 12.9. The number of benzene rings is 1. The van der Waals surface area contributed by atoms with E-state index in [0.717, 1.165) is 34.5 Å². The van der Waals surface area contributed by atoms with Crippen LogP contribution in [-0.4, -0.2) is 26.5 Å². The average Bonchev–Trinajstić information content (AvgIpc) is 3.05. The molecule has 0 aliphatic carbocycles. The van der Waals surface area contributed by atoms with Gasteiger partial charge in [0.1, 0.15) is 5.82 Å². The van der Waals surface area contributed by atoms with E-state index in [9.17, 15) is 0 Å². The topological polar surface area (TPSA) is 83.4 Å². The molecule has 5 nitrogen and oxygen atoms in total. The Hall–Kier alpha value is -2.14. The molecule has 0 saturated carbocycles. The highest BCUT2D eigenvalue weighted by atomic mass is 14.9. The molecule has 0 aliphatic rings. The van der Waals surface area contributed by atoms with E-state index in [1.165, 1.54) is 0 Å². The van der Waals surface area contributed by atoms with Crippen molar-refractivity contribution in [2.45, 2.75) is 20.3 Å². The van der Waals surface area contributed by atoms with Gasteiger partial charge >= 0.3 is 0 Å². The van der Waals surface area contributed by atoms with Gasteiger partial charge in [-0.2, -0.15) is 0 Å². The van der Waals surface area contributed by atoms with Crippen molar-refractivity contribution in [2.24, 2.45) is 11.1 Å². The first-order valence-corrected chi connectivity index (χ1v) is 6.75. The maximum absolute atomic E-state index is 5.77. The average molecular weight is 269 g/mol. The normalized spacial score (nSPS) is 12.2. The quantitative estimate of drug-likeness (QED) is 0.680. The fourth-order valence-corrected chi connectivity index (χ4v) is 2.23. The van der Waals surface area contributed by atoms with Gasteiger partial charge in [0.15, 0.2) is 0 Å². The Kier molecular flexibility index (Phi) is 3.06. The van der Waals surface area contributed by atoms with Gasteiger partial charge in [0.25, 0.3) is 0 Å². The van der Waals surface area contributed by atoms with E-state index >= 15 is 0 Å². The summed E-state index contributed by atoms with van der Waals surface area (Å²) in [5.74, 6) is 0.972. The number of aromatic amines is 2. The van der Waals surface area contributed by atoms with Crippen LogP contribution in [0, 0.1) is 5.41 Å². The number of rotatable bonds is 4. The lowest BCUT2D eigenvalue weighted by molar-refractivity contribution is 0.369. The Morgan fingerprint density at radius 3 is 2.90 bits per heavy atom. The Bertz CT molecular complexity index is 723. The van der Waals surface area contributed by atoms with Gasteiger partial charge in [-0.25, -0.2) is 9.97 Å². The Labute approximate surface area is 117 Å². The van der Waals surface area contributed by atoms with Crippen molar-refractivity contribution in [3.05, 3.63) is 36.5 Å². The number of nitrogens with one attached hydrogen (secondary N) is 2. The second kappa shape index (κ2) is 4.76. The molecule has 0 fully saturated rings. The number of nitrogens with zero attached hydrogens (tertiary/aromatic N) is 2. The largest absolute Gasteiger partial charge is 0.345 e. The van der Waals surface area contributed by atoms with Crippen LogP contribution >= 0.6 is 0 Å². The van der Waals surface area contributed by atoms with Gasteiger partial charge in [-0.05, 0) is 24.1 Å². The zero-order chi connectivity index (χ0) is 14.2. The predicted octanol–water partition coefficient (Wildman–Crippen LogP) is 2.48. The zero-order valence-electron chi connectivity index (χ0n) is 11.8. The fraction of sp³-hybridized carbons (Fsp3) is 0.333. The molecule has 0 saturated heterocycles. The first-order valence-electron chi connectivity index (χ1n) is 6.75. The van der Waals surface area contributed by atoms with E-state index < -0.39 is 0 Å². The van der Waals surface area contributed by atoms with Crippen molar-refractivity contribution >= 4 is 11.0 Å². The second-order valence-electron chi connectivity index (χ2n) is 5.92. The second-order valence-corrected chi connectivity index (χ2v) is 5.92. The third-order valence-electron chi connectivity index (χ3n) is 3.56. The Morgan fingerprint density at radius 2 is 2.10 bits per heavy atom. The molecule has 0 amide bonds. The van der Waals surface area contributed by atoms with Gasteiger partial charge in [0.05, 0.1) is 29.3 Å². The van der Waals surface area contributed by atoms with E-state index in [4.69, 9.17) is 5.73 Å². The van der Waals surface area contributed by atoms with E-state index in [0.29, 0.717) is 6.54 Å². The van der Waals surface area contributed by atoms with E-state index in [1.807, 2.05) is 12.3 Å². The summed E-state index contributed by atoms with van der Waals surface area (Å²) in [5.41, 5.74) is 9.95. The number of nitrogens with two attached hydrogens (primary N) is 1. The SMILES string of the molecule is CC(C)(CN)Cc1ncc(-c2ccc3nc[nH]c3c2)[nH]1. The van der Waals surface area contributed by atoms with Gasteiger partial charge in [-0.1, -0.05) is 19.9 Å². The van der Waals surface area contributed by atoms with Crippen LogP contribution in [-0.2, 0) is 6.42 Å². The molecule has 20 heavy (non-hydrogen) atoms. The zero-order valence-corrected chi connectivity index (χ0v) is 11.8. The third-order valence-corrected chi connectivity index (χ3v) is 3.56. The minimum Gasteiger partial charge on any atom is -0.345 e. The Balaban J connectivity index is 1.89. The summed E-state index contributed by atoms with van der Waals surface area (Å²) in [4.78, 5) is 15.2. The van der Waals surface area contributed by atoms with Crippen molar-refractivity contribution in [1.82, 2.24) is 19.9 Å². The molecule has 2 aromatic heterocycles. The third kappa shape index (κ3) is 2.44. The van der Waals surface area contributed by atoms with Gasteiger partial charge < -0.3 is 15.7 Å². The molecule has 2 heterocycles. The van der Waals surface area contributed by atoms with Crippen molar-refractivity contribution in [2.75, 3.05) is 6.54 Å². The summed E-state index contributed by atoms with van der Waals surface area (Å²) in [7, 11) is 0. The van der Waals surface area contributed by atoms with E-state index in [-0.39, 0.29) is 5.41 Å². The minimum absolute atomic E-state index is 0.0580. The van der Waals surface area contributed by atoms with E-state index in [2.05, 4.69) is 45.9 Å². The maximum Gasteiger partial charge on any atom is 0.107 e. The molecule has 0 unspecified atom stereocenters. The molecule has 4 N–H and O–H groups in total. The van der Waals surface area contributed by atoms with Crippen LogP contribution < -0.4 is 5.73 Å². The van der Waals surface area contributed by atoms with Crippen LogP contribution in [0.4, 0.5) is 0 Å². The summed E-state index contributed by atoms with van der Waals surface area (Å²) < 4.78 is 0. The standard InChI is InChI=1S/C15H19N5/c1-15(2,8-16)6-14-17-7-13(20-14)10-3-4-11-12(5-10)19-9-18-11/h3-5,7,9H,6,8,16H2,1-2H3,(H,17,20)(H,18,19). The summed E-state index contributed by atoms with van der Waals surface area (Å²) in [6.07, 6.45) is 4.42. The van der Waals surface area contributed by atoms with Crippen LogP contribution in [0.1, 0.15) is 19.7 Å². The molecule has 104 valence electrons. The summed E-state index contributed by atoms with van der Waals surface area (Å²) in [6.45, 7) is 4.93. The van der Waals surface area contributed by atoms with Crippen LogP contribution in [0.5, 0.6) is 0 Å². The molecule has 3 rings (SSSR count). The minimum atomic E-state index is 0.0580. The molecule has 3 aromatic rings. The molecule has 0 aliphatic heterocycles. The molecule has 0 atom stereocenters. The fourth-order valence-electron chi connectivity index (χ4n) is 2.23. The van der Waals surface area contributed by atoms with Crippen molar-refractivity contribution < 1.29 is 0 Å². The number of fused-ring (bicyclic) bond motifs is 1. The highest BCUT2D eigenvalue weighted by Gasteiger charge is 2.18. The van der Waals surface area contributed by atoms with E-state index in [1.54, 1.807) is 6.33 Å². The number of hydrogen-bond donors (Lipinski definition) is 3. The monoisotopic (exact) mass is 269 g/mol. The summed E-state index contributed by atoms with van der Waals surface area (Å²) in [6, 6.07) is 6.13. The van der Waals surface area contributed by atoms with Gasteiger partial charge in [0.2, 0.25) is 0 Å². The highest BCUT2D eigenvalue weighted by molar-refractivity contribution is 5.80.